The van der Waals surface area contributed by atoms with Crippen LogP contribution in [0.2, 0.25) is 0 Å². The van der Waals surface area contributed by atoms with E-state index >= 15 is 0 Å². The fourth-order valence-corrected chi connectivity index (χ4v) is 3.40. The normalized spacial score (nSPS) is 16.5. The van der Waals surface area contributed by atoms with E-state index in [1.54, 1.807) is 6.20 Å². The summed E-state index contributed by atoms with van der Waals surface area (Å²) >= 11 is 0. The highest BCUT2D eigenvalue weighted by atomic mass is 16.6. The summed E-state index contributed by atoms with van der Waals surface area (Å²) in [6.07, 6.45) is 4.97. The maximum absolute atomic E-state index is 12.2. The molecule has 1 unspecified atom stereocenters. The van der Waals surface area contributed by atoms with Crippen molar-refractivity contribution in [3.63, 3.8) is 0 Å². The van der Waals surface area contributed by atoms with Crippen LogP contribution >= 0.6 is 0 Å². The zero-order chi connectivity index (χ0) is 20.2. The molecule has 1 aliphatic heterocycles. The van der Waals surface area contributed by atoms with Gasteiger partial charge in [0, 0.05) is 35.4 Å². The Bertz CT molecular complexity index is 1040. The molecule has 1 atom stereocenters. The summed E-state index contributed by atoms with van der Waals surface area (Å²) in [5.74, 6) is -0.385. The van der Waals surface area contributed by atoms with Crippen LogP contribution in [-0.4, -0.2) is 33.9 Å². The number of nitro groups is 1. The molecule has 1 amide bonds. The molecule has 2 N–H and O–H groups in total. The van der Waals surface area contributed by atoms with Gasteiger partial charge in [0.15, 0.2) is 6.23 Å². The highest BCUT2D eigenvalue weighted by Gasteiger charge is 2.18. The number of ether oxygens (including phenoxy) is 1. The molecule has 9 heteroatoms. The lowest BCUT2D eigenvalue weighted by Crippen LogP contribution is -2.28. The van der Waals surface area contributed by atoms with Gasteiger partial charge in [-0.25, -0.2) is 4.68 Å². The van der Waals surface area contributed by atoms with Gasteiger partial charge < -0.3 is 15.4 Å². The maximum atomic E-state index is 12.2. The van der Waals surface area contributed by atoms with E-state index in [1.807, 2.05) is 22.9 Å². The van der Waals surface area contributed by atoms with Crippen LogP contribution in [0, 0.1) is 10.1 Å². The Balaban J connectivity index is 1.38. The van der Waals surface area contributed by atoms with E-state index in [0.29, 0.717) is 0 Å². The molecule has 3 aromatic rings. The van der Waals surface area contributed by atoms with Gasteiger partial charge in [0.05, 0.1) is 23.3 Å². The van der Waals surface area contributed by atoms with Crippen molar-refractivity contribution in [3.8, 4) is 0 Å². The topological polar surface area (TPSA) is 111 Å². The average molecular weight is 395 g/mol. The summed E-state index contributed by atoms with van der Waals surface area (Å²) in [6.45, 7) is 0.947. The van der Waals surface area contributed by atoms with Gasteiger partial charge in [-0.15, -0.1) is 0 Å². The molecule has 0 radical (unpaired) electrons. The number of nitro benzene ring substituents is 1. The van der Waals surface area contributed by atoms with Gasteiger partial charge in [-0.2, -0.15) is 5.10 Å². The number of fused-ring (bicyclic) bond motifs is 1. The van der Waals surface area contributed by atoms with Gasteiger partial charge in [0.2, 0.25) is 0 Å². The van der Waals surface area contributed by atoms with E-state index in [1.165, 1.54) is 24.3 Å². The molecular weight excluding hydrogens is 374 g/mol. The number of carbonyl (C=O) groups excluding carboxylic acids is 1. The van der Waals surface area contributed by atoms with Crippen molar-refractivity contribution in [2.45, 2.75) is 25.5 Å². The Morgan fingerprint density at radius 3 is 2.97 bits per heavy atom. The second-order valence-corrected chi connectivity index (χ2v) is 6.85. The number of carbonyl (C=O) groups is 1. The lowest BCUT2D eigenvalue weighted by molar-refractivity contribution is -0.384. The first-order valence-corrected chi connectivity index (χ1v) is 9.47. The molecule has 9 nitrogen and oxygen atoms in total. The summed E-state index contributed by atoms with van der Waals surface area (Å²) in [5, 5.41) is 22.1. The van der Waals surface area contributed by atoms with Gasteiger partial charge in [0.25, 0.3) is 11.6 Å². The molecule has 0 bridgehead atoms. The average Bonchev–Trinajstić information content (AvgIpc) is 3.17. The van der Waals surface area contributed by atoms with Crippen molar-refractivity contribution in [3.05, 3.63) is 64.3 Å². The smallest absolute Gasteiger partial charge is 0.270 e. The number of benzene rings is 2. The number of rotatable bonds is 6. The fraction of sp³-hybridized carbons (Fsp3) is 0.300. The van der Waals surface area contributed by atoms with Gasteiger partial charge in [-0.05, 0) is 43.5 Å². The molecule has 1 aromatic heterocycles. The first-order chi connectivity index (χ1) is 14.1. The van der Waals surface area contributed by atoms with Gasteiger partial charge in [-0.1, -0.05) is 6.07 Å². The number of aromatic nitrogens is 2. The lowest BCUT2D eigenvalue weighted by atomic mass is 10.2. The predicted molar refractivity (Wildman–Crippen MR) is 108 cm³/mol. The Kier molecular flexibility index (Phi) is 5.39. The molecule has 150 valence electrons. The summed E-state index contributed by atoms with van der Waals surface area (Å²) in [6, 6.07) is 11.5. The molecule has 2 heterocycles. The highest BCUT2D eigenvalue weighted by Crippen LogP contribution is 2.27. The number of anilines is 1. The van der Waals surface area contributed by atoms with Gasteiger partial charge in [-0.3, -0.25) is 14.9 Å². The van der Waals surface area contributed by atoms with Crippen LogP contribution in [-0.2, 0) is 4.74 Å². The van der Waals surface area contributed by atoms with Crippen LogP contribution in [0.15, 0.2) is 48.7 Å². The number of nitrogens with one attached hydrogen (secondary N) is 2. The van der Waals surface area contributed by atoms with Crippen LogP contribution in [0.5, 0.6) is 0 Å². The number of hydrogen-bond donors (Lipinski definition) is 2. The van der Waals surface area contributed by atoms with Crippen molar-refractivity contribution in [1.82, 2.24) is 15.1 Å². The first-order valence-electron chi connectivity index (χ1n) is 9.47. The minimum Gasteiger partial charge on any atom is -0.368 e. The number of non-ortho nitro benzene ring substituents is 1. The van der Waals surface area contributed by atoms with Crippen LogP contribution in [0.25, 0.3) is 10.9 Å². The molecule has 2 aromatic carbocycles. The number of amides is 1. The van der Waals surface area contributed by atoms with Crippen molar-refractivity contribution >= 4 is 28.2 Å². The van der Waals surface area contributed by atoms with E-state index in [2.05, 4.69) is 15.7 Å². The van der Waals surface area contributed by atoms with E-state index in [-0.39, 0.29) is 30.1 Å². The molecule has 0 aliphatic carbocycles. The Morgan fingerprint density at radius 2 is 2.17 bits per heavy atom. The van der Waals surface area contributed by atoms with Gasteiger partial charge >= 0.3 is 0 Å². The van der Waals surface area contributed by atoms with Crippen molar-refractivity contribution < 1.29 is 14.5 Å². The molecule has 1 saturated heterocycles. The predicted octanol–water partition coefficient (Wildman–Crippen LogP) is 3.44. The Morgan fingerprint density at radius 1 is 1.28 bits per heavy atom. The molecule has 1 aliphatic rings. The minimum atomic E-state index is -0.525. The maximum Gasteiger partial charge on any atom is 0.270 e. The first kappa shape index (κ1) is 18.9. The fourth-order valence-electron chi connectivity index (χ4n) is 3.40. The van der Waals surface area contributed by atoms with Crippen LogP contribution in [0.1, 0.15) is 35.8 Å². The standard InChI is InChI=1S/C20H21N5O4/c26-20(14-4-3-5-17(11-14)25(27)28)22-13-21-16-7-8-18-15(10-16)12-23-24(18)19-6-1-2-9-29-19/h3-5,7-8,10-12,19,21H,1-2,6,9,13H2,(H,22,26). The number of nitrogens with zero attached hydrogens (tertiary/aromatic N) is 3. The zero-order valence-corrected chi connectivity index (χ0v) is 15.7. The van der Waals surface area contributed by atoms with Crippen molar-refractivity contribution in [2.24, 2.45) is 0 Å². The van der Waals surface area contributed by atoms with Crippen LogP contribution in [0.4, 0.5) is 11.4 Å². The molecular formula is C20H21N5O4. The largest absolute Gasteiger partial charge is 0.368 e. The third-order valence-corrected chi connectivity index (χ3v) is 4.88. The van der Waals surface area contributed by atoms with Crippen molar-refractivity contribution in [1.29, 1.82) is 0 Å². The minimum absolute atomic E-state index is 0.0192. The van der Waals surface area contributed by atoms with Gasteiger partial charge in [0.1, 0.15) is 0 Å². The Labute approximate surface area is 166 Å². The lowest BCUT2D eigenvalue weighted by Gasteiger charge is -2.23. The van der Waals surface area contributed by atoms with Crippen LogP contribution < -0.4 is 10.6 Å². The summed E-state index contributed by atoms with van der Waals surface area (Å²) in [5.41, 5.74) is 1.96. The monoisotopic (exact) mass is 395 g/mol. The molecule has 0 saturated carbocycles. The zero-order valence-electron chi connectivity index (χ0n) is 15.7. The Hall–Kier alpha value is -3.46. The van der Waals surface area contributed by atoms with E-state index < -0.39 is 4.92 Å². The van der Waals surface area contributed by atoms with Crippen molar-refractivity contribution in [2.75, 3.05) is 18.6 Å². The molecule has 4 rings (SSSR count). The summed E-state index contributed by atoms with van der Waals surface area (Å²) < 4.78 is 7.73. The molecule has 0 spiro atoms. The second kappa shape index (κ2) is 8.27. The van der Waals surface area contributed by atoms with Crippen LogP contribution in [0.3, 0.4) is 0 Å². The molecule has 1 fully saturated rings. The quantitative estimate of drug-likeness (QED) is 0.376. The SMILES string of the molecule is O=C(NCNc1ccc2c(cnn2C2CCCCO2)c1)c1cccc([N+](=O)[O-])c1. The van der Waals surface area contributed by atoms with E-state index in [0.717, 1.165) is 42.5 Å². The highest BCUT2D eigenvalue weighted by molar-refractivity contribution is 5.94. The van der Waals surface area contributed by atoms with E-state index in [9.17, 15) is 14.9 Å². The third kappa shape index (κ3) is 4.19. The third-order valence-electron chi connectivity index (χ3n) is 4.88. The number of hydrogen-bond acceptors (Lipinski definition) is 6. The molecule has 29 heavy (non-hydrogen) atoms. The summed E-state index contributed by atoms with van der Waals surface area (Å²) in [7, 11) is 0. The second-order valence-electron chi connectivity index (χ2n) is 6.85. The summed E-state index contributed by atoms with van der Waals surface area (Å²) in [4.78, 5) is 22.5. The van der Waals surface area contributed by atoms with E-state index in [4.69, 9.17) is 4.74 Å².